The number of methoxy groups -OCH3 is 1. The van der Waals surface area contributed by atoms with Crippen LogP contribution in [0.15, 0.2) is 24.3 Å². The highest BCUT2D eigenvalue weighted by molar-refractivity contribution is 5.71. The van der Waals surface area contributed by atoms with Gasteiger partial charge in [0.25, 0.3) is 0 Å². The maximum Gasteiger partial charge on any atom is 0.319 e. The Morgan fingerprint density at radius 1 is 1.23 bits per heavy atom. The van der Waals surface area contributed by atoms with Crippen LogP contribution in [-0.4, -0.2) is 68.8 Å². The van der Waals surface area contributed by atoms with Crippen molar-refractivity contribution >= 4 is 5.97 Å². The molecule has 0 atom stereocenters. The predicted octanol–water partition coefficient (Wildman–Crippen LogP) is 0.728. The fraction of sp³-hybridized carbons (Fsp3) is 0.500. The van der Waals surface area contributed by atoms with Crippen LogP contribution in [0.3, 0.4) is 0 Å². The topological polar surface area (TPSA) is 65.8 Å². The van der Waals surface area contributed by atoms with Gasteiger partial charge in [0.15, 0.2) is 0 Å². The van der Waals surface area contributed by atoms with Crippen molar-refractivity contribution in [1.29, 1.82) is 5.26 Å². The van der Waals surface area contributed by atoms with E-state index in [0.717, 1.165) is 32.7 Å². The van der Waals surface area contributed by atoms with Crippen molar-refractivity contribution in [3.63, 3.8) is 0 Å². The molecule has 0 saturated carbocycles. The van der Waals surface area contributed by atoms with E-state index in [1.807, 2.05) is 18.2 Å². The van der Waals surface area contributed by atoms with Crippen LogP contribution in [0.1, 0.15) is 5.56 Å². The second-order valence-corrected chi connectivity index (χ2v) is 5.15. The number of carbonyl (C=O) groups excluding carboxylic acids is 1. The van der Waals surface area contributed by atoms with Crippen molar-refractivity contribution in [3.05, 3.63) is 29.8 Å². The van der Waals surface area contributed by atoms with Gasteiger partial charge in [0, 0.05) is 32.7 Å². The van der Waals surface area contributed by atoms with Crippen molar-refractivity contribution < 1.29 is 14.3 Å². The molecule has 0 bridgehead atoms. The zero-order chi connectivity index (χ0) is 15.8. The second kappa shape index (κ2) is 8.37. The molecule has 0 N–H and O–H groups in total. The van der Waals surface area contributed by atoms with E-state index >= 15 is 0 Å². The number of nitriles is 1. The molecular weight excluding hydrogens is 282 g/mol. The Balaban J connectivity index is 1.69. The van der Waals surface area contributed by atoms with Crippen LogP contribution in [0.4, 0.5) is 0 Å². The summed E-state index contributed by atoms with van der Waals surface area (Å²) in [7, 11) is 1.41. The highest BCUT2D eigenvalue weighted by Crippen LogP contribution is 2.16. The highest BCUT2D eigenvalue weighted by Gasteiger charge is 2.18. The molecule has 0 amide bonds. The van der Waals surface area contributed by atoms with E-state index in [0.29, 0.717) is 24.5 Å². The molecule has 0 unspecified atom stereocenters. The van der Waals surface area contributed by atoms with Gasteiger partial charge in [0.2, 0.25) is 0 Å². The molecule has 1 aliphatic heterocycles. The number of hydrogen-bond donors (Lipinski definition) is 0. The Hall–Kier alpha value is -2.10. The van der Waals surface area contributed by atoms with Gasteiger partial charge in [-0.25, -0.2) is 0 Å². The Labute approximate surface area is 130 Å². The fourth-order valence-corrected chi connectivity index (χ4v) is 2.39. The van der Waals surface area contributed by atoms with Gasteiger partial charge in [-0.3, -0.25) is 14.6 Å². The molecule has 22 heavy (non-hydrogen) atoms. The number of para-hydroxylation sites is 1. The Morgan fingerprint density at radius 3 is 2.59 bits per heavy atom. The normalized spacial score (nSPS) is 16.0. The van der Waals surface area contributed by atoms with Crippen molar-refractivity contribution in [1.82, 2.24) is 9.80 Å². The molecule has 0 aliphatic carbocycles. The fourth-order valence-electron chi connectivity index (χ4n) is 2.39. The summed E-state index contributed by atoms with van der Waals surface area (Å²) in [6.45, 7) is 5.23. The van der Waals surface area contributed by atoms with Crippen molar-refractivity contribution in [2.75, 3.05) is 53.0 Å². The van der Waals surface area contributed by atoms with Gasteiger partial charge in [0.05, 0.1) is 19.2 Å². The minimum Gasteiger partial charge on any atom is -0.491 e. The van der Waals surface area contributed by atoms with Crippen molar-refractivity contribution in [2.45, 2.75) is 0 Å². The predicted molar refractivity (Wildman–Crippen MR) is 81.5 cm³/mol. The first-order valence-electron chi connectivity index (χ1n) is 7.36. The second-order valence-electron chi connectivity index (χ2n) is 5.15. The van der Waals surface area contributed by atoms with E-state index in [9.17, 15) is 4.79 Å². The van der Waals surface area contributed by atoms with Gasteiger partial charge in [-0.2, -0.15) is 5.26 Å². The highest BCUT2D eigenvalue weighted by atomic mass is 16.5. The van der Waals surface area contributed by atoms with Gasteiger partial charge in [-0.15, -0.1) is 0 Å². The molecule has 1 heterocycles. The van der Waals surface area contributed by atoms with Gasteiger partial charge in [0.1, 0.15) is 18.4 Å². The monoisotopic (exact) mass is 303 g/mol. The van der Waals surface area contributed by atoms with Crippen LogP contribution in [-0.2, 0) is 9.53 Å². The quantitative estimate of drug-likeness (QED) is 0.722. The SMILES string of the molecule is COC(=O)CN1CCN(CCOc2ccccc2C#N)CC1. The smallest absolute Gasteiger partial charge is 0.319 e. The largest absolute Gasteiger partial charge is 0.491 e. The van der Waals surface area contributed by atoms with E-state index in [4.69, 9.17) is 10.00 Å². The number of piperazine rings is 1. The zero-order valence-electron chi connectivity index (χ0n) is 12.8. The third kappa shape index (κ3) is 4.72. The average molecular weight is 303 g/mol. The Morgan fingerprint density at radius 2 is 1.91 bits per heavy atom. The van der Waals surface area contributed by atoms with Crippen molar-refractivity contribution in [2.24, 2.45) is 0 Å². The molecule has 0 spiro atoms. The molecule has 1 aromatic carbocycles. The summed E-state index contributed by atoms with van der Waals surface area (Å²) in [5.41, 5.74) is 0.561. The molecule has 1 aromatic rings. The summed E-state index contributed by atoms with van der Waals surface area (Å²) in [5.74, 6) is 0.444. The molecule has 6 nitrogen and oxygen atoms in total. The summed E-state index contributed by atoms with van der Waals surface area (Å²) in [5, 5.41) is 9.00. The first-order chi connectivity index (χ1) is 10.7. The summed E-state index contributed by atoms with van der Waals surface area (Å²) in [4.78, 5) is 15.6. The van der Waals surface area contributed by atoms with Gasteiger partial charge in [-0.05, 0) is 12.1 Å². The molecule has 0 radical (unpaired) electrons. The van der Waals surface area contributed by atoms with Crippen molar-refractivity contribution in [3.8, 4) is 11.8 Å². The van der Waals surface area contributed by atoms with E-state index in [-0.39, 0.29) is 5.97 Å². The van der Waals surface area contributed by atoms with E-state index in [1.165, 1.54) is 7.11 Å². The molecule has 118 valence electrons. The van der Waals surface area contributed by atoms with Crippen LogP contribution in [0.5, 0.6) is 5.75 Å². The number of carbonyl (C=O) groups is 1. The standard InChI is InChI=1S/C16H21N3O3/c1-21-16(20)13-19-8-6-18(7-9-19)10-11-22-15-5-3-2-4-14(15)12-17/h2-5H,6-11,13H2,1H3. The number of esters is 1. The average Bonchev–Trinajstić information content (AvgIpc) is 2.56. The number of nitrogens with zero attached hydrogens (tertiary/aromatic N) is 3. The maximum atomic E-state index is 11.2. The number of benzene rings is 1. The summed E-state index contributed by atoms with van der Waals surface area (Å²) < 4.78 is 10.4. The lowest BCUT2D eigenvalue weighted by Crippen LogP contribution is -2.48. The number of hydrogen-bond acceptors (Lipinski definition) is 6. The van der Waals surface area contributed by atoms with Gasteiger partial charge < -0.3 is 9.47 Å². The van der Waals surface area contributed by atoms with Crippen LogP contribution in [0.2, 0.25) is 0 Å². The van der Waals surface area contributed by atoms with Gasteiger partial charge in [-0.1, -0.05) is 12.1 Å². The summed E-state index contributed by atoms with van der Waals surface area (Å²) in [6.07, 6.45) is 0. The molecule has 1 fully saturated rings. The van der Waals surface area contributed by atoms with Gasteiger partial charge >= 0.3 is 5.97 Å². The summed E-state index contributed by atoms with van der Waals surface area (Å²) >= 11 is 0. The third-order valence-corrected chi connectivity index (χ3v) is 3.72. The Bertz CT molecular complexity index is 534. The first kappa shape index (κ1) is 16.3. The lowest BCUT2D eigenvalue weighted by atomic mass is 10.2. The minimum atomic E-state index is -0.190. The maximum absolute atomic E-state index is 11.2. The minimum absolute atomic E-state index is 0.190. The van der Waals surface area contributed by atoms with Crippen LogP contribution < -0.4 is 4.74 Å². The van der Waals surface area contributed by atoms with Crippen LogP contribution >= 0.6 is 0 Å². The number of ether oxygens (including phenoxy) is 2. The molecule has 1 aliphatic rings. The van der Waals surface area contributed by atoms with Crippen LogP contribution in [0.25, 0.3) is 0 Å². The zero-order valence-corrected chi connectivity index (χ0v) is 12.8. The lowest BCUT2D eigenvalue weighted by Gasteiger charge is -2.33. The van der Waals surface area contributed by atoms with E-state index < -0.39 is 0 Å². The van der Waals surface area contributed by atoms with E-state index in [1.54, 1.807) is 6.07 Å². The third-order valence-electron chi connectivity index (χ3n) is 3.72. The summed E-state index contributed by atoms with van der Waals surface area (Å²) in [6, 6.07) is 9.38. The molecule has 6 heteroatoms. The van der Waals surface area contributed by atoms with E-state index in [2.05, 4.69) is 20.6 Å². The molecular formula is C16H21N3O3. The van der Waals surface area contributed by atoms with Crippen LogP contribution in [0, 0.1) is 11.3 Å². The molecule has 1 saturated heterocycles. The lowest BCUT2D eigenvalue weighted by molar-refractivity contribution is -0.142. The number of rotatable bonds is 6. The first-order valence-corrected chi connectivity index (χ1v) is 7.36. The molecule has 0 aromatic heterocycles. The molecule has 2 rings (SSSR count). The Kier molecular flexibility index (Phi) is 6.19.